The van der Waals surface area contributed by atoms with E-state index in [4.69, 9.17) is 0 Å². The fraction of sp³-hybridized carbons (Fsp3) is 0.333. The van der Waals surface area contributed by atoms with Gasteiger partial charge in [-0.2, -0.15) is 0 Å². The summed E-state index contributed by atoms with van der Waals surface area (Å²) in [5, 5.41) is 3.57. The number of aryl methyl sites for hydroxylation is 2. The van der Waals surface area contributed by atoms with Gasteiger partial charge in [0, 0.05) is 0 Å². The quantitative estimate of drug-likeness (QED) is 0.842. The van der Waals surface area contributed by atoms with Gasteiger partial charge in [-0.3, -0.25) is 0 Å². The SMILES string of the molecule is CCCNC(c1ccc(F)cc1)c1cc(C)ccc1C. The number of hydrogen-bond acceptors (Lipinski definition) is 1. The van der Waals surface area contributed by atoms with Crippen LogP contribution in [0.15, 0.2) is 42.5 Å². The average Bonchev–Trinajstić information content (AvgIpc) is 2.44. The van der Waals surface area contributed by atoms with Crippen LogP contribution >= 0.6 is 0 Å². The summed E-state index contributed by atoms with van der Waals surface area (Å²) >= 11 is 0. The minimum Gasteiger partial charge on any atom is -0.306 e. The van der Waals surface area contributed by atoms with Crippen LogP contribution < -0.4 is 5.32 Å². The highest BCUT2D eigenvalue weighted by molar-refractivity contribution is 5.39. The third-order valence-corrected chi connectivity index (χ3v) is 3.55. The Morgan fingerprint density at radius 1 is 1.05 bits per heavy atom. The van der Waals surface area contributed by atoms with Crippen molar-refractivity contribution < 1.29 is 4.39 Å². The number of nitrogens with one attached hydrogen (secondary N) is 1. The van der Waals surface area contributed by atoms with Crippen LogP contribution in [0.4, 0.5) is 4.39 Å². The third kappa shape index (κ3) is 3.45. The van der Waals surface area contributed by atoms with Crippen molar-refractivity contribution in [3.63, 3.8) is 0 Å². The first kappa shape index (κ1) is 14.7. The van der Waals surface area contributed by atoms with E-state index in [1.54, 1.807) is 0 Å². The van der Waals surface area contributed by atoms with Crippen molar-refractivity contribution in [3.8, 4) is 0 Å². The van der Waals surface area contributed by atoms with Crippen LogP contribution in [0.1, 0.15) is 41.6 Å². The topological polar surface area (TPSA) is 12.0 Å². The summed E-state index contributed by atoms with van der Waals surface area (Å²) in [6.45, 7) is 7.32. The predicted molar refractivity (Wildman–Crippen MR) is 82.5 cm³/mol. The molecule has 0 aromatic heterocycles. The maximum Gasteiger partial charge on any atom is 0.123 e. The number of halogens is 1. The van der Waals surface area contributed by atoms with Crippen LogP contribution in [-0.4, -0.2) is 6.54 Å². The van der Waals surface area contributed by atoms with Crippen LogP contribution in [0, 0.1) is 19.7 Å². The third-order valence-electron chi connectivity index (χ3n) is 3.55. The fourth-order valence-electron chi connectivity index (χ4n) is 2.42. The van der Waals surface area contributed by atoms with E-state index in [1.807, 2.05) is 12.1 Å². The van der Waals surface area contributed by atoms with Crippen molar-refractivity contribution in [2.24, 2.45) is 0 Å². The zero-order valence-corrected chi connectivity index (χ0v) is 12.4. The van der Waals surface area contributed by atoms with E-state index in [2.05, 4.69) is 44.3 Å². The van der Waals surface area contributed by atoms with Gasteiger partial charge in [-0.15, -0.1) is 0 Å². The normalized spacial score (nSPS) is 12.4. The largest absolute Gasteiger partial charge is 0.306 e. The summed E-state index contributed by atoms with van der Waals surface area (Å²) in [7, 11) is 0. The van der Waals surface area contributed by atoms with Gasteiger partial charge in [-0.25, -0.2) is 4.39 Å². The Morgan fingerprint density at radius 2 is 1.75 bits per heavy atom. The Bertz CT molecular complexity index is 560. The molecule has 0 radical (unpaired) electrons. The highest BCUT2D eigenvalue weighted by atomic mass is 19.1. The number of benzene rings is 2. The zero-order chi connectivity index (χ0) is 14.5. The molecular formula is C18H22FN. The van der Waals surface area contributed by atoms with Crippen molar-refractivity contribution >= 4 is 0 Å². The van der Waals surface area contributed by atoms with Gasteiger partial charge < -0.3 is 5.32 Å². The Labute approximate surface area is 120 Å². The first-order chi connectivity index (χ1) is 9.61. The van der Waals surface area contributed by atoms with Crippen LogP contribution in [0.3, 0.4) is 0 Å². The molecule has 2 aromatic rings. The van der Waals surface area contributed by atoms with Crippen LogP contribution in [0.5, 0.6) is 0 Å². The molecule has 0 saturated carbocycles. The lowest BCUT2D eigenvalue weighted by atomic mass is 9.93. The molecule has 0 fully saturated rings. The smallest absolute Gasteiger partial charge is 0.123 e. The van der Waals surface area contributed by atoms with Crippen LogP contribution in [-0.2, 0) is 0 Å². The molecule has 0 saturated heterocycles. The molecule has 0 aliphatic heterocycles. The molecule has 1 N–H and O–H groups in total. The van der Waals surface area contributed by atoms with Gasteiger partial charge in [0.1, 0.15) is 5.82 Å². The minimum absolute atomic E-state index is 0.121. The second kappa shape index (κ2) is 6.67. The minimum atomic E-state index is -0.191. The molecule has 0 amide bonds. The summed E-state index contributed by atoms with van der Waals surface area (Å²) in [4.78, 5) is 0. The van der Waals surface area contributed by atoms with Crippen molar-refractivity contribution in [3.05, 3.63) is 70.5 Å². The first-order valence-corrected chi connectivity index (χ1v) is 7.18. The first-order valence-electron chi connectivity index (χ1n) is 7.18. The molecule has 20 heavy (non-hydrogen) atoms. The van der Waals surface area contributed by atoms with E-state index in [9.17, 15) is 4.39 Å². The summed E-state index contributed by atoms with van der Waals surface area (Å²) in [5.74, 6) is -0.191. The van der Waals surface area contributed by atoms with Crippen LogP contribution in [0.2, 0.25) is 0 Å². The van der Waals surface area contributed by atoms with E-state index in [-0.39, 0.29) is 11.9 Å². The second-order valence-electron chi connectivity index (χ2n) is 5.30. The summed E-state index contributed by atoms with van der Waals surface area (Å²) in [6, 6.07) is 13.4. The molecule has 1 unspecified atom stereocenters. The van der Waals surface area contributed by atoms with Crippen LogP contribution in [0.25, 0.3) is 0 Å². The van der Waals surface area contributed by atoms with E-state index in [0.717, 1.165) is 18.5 Å². The van der Waals surface area contributed by atoms with Gasteiger partial charge in [-0.05, 0) is 55.6 Å². The van der Waals surface area contributed by atoms with Crippen molar-refractivity contribution in [1.82, 2.24) is 5.32 Å². The van der Waals surface area contributed by atoms with E-state index in [1.165, 1.54) is 28.8 Å². The molecule has 0 spiro atoms. The van der Waals surface area contributed by atoms with Crippen molar-refractivity contribution in [1.29, 1.82) is 0 Å². The van der Waals surface area contributed by atoms with Gasteiger partial charge in [-0.1, -0.05) is 42.8 Å². The lowest BCUT2D eigenvalue weighted by Crippen LogP contribution is -2.24. The van der Waals surface area contributed by atoms with Gasteiger partial charge in [0.25, 0.3) is 0 Å². The van der Waals surface area contributed by atoms with Crippen molar-refractivity contribution in [2.45, 2.75) is 33.2 Å². The fourth-order valence-corrected chi connectivity index (χ4v) is 2.42. The highest BCUT2D eigenvalue weighted by Gasteiger charge is 2.15. The van der Waals surface area contributed by atoms with E-state index in [0.29, 0.717) is 0 Å². The molecule has 1 atom stereocenters. The molecule has 0 aliphatic carbocycles. The monoisotopic (exact) mass is 271 g/mol. The molecule has 2 aromatic carbocycles. The van der Waals surface area contributed by atoms with Crippen molar-refractivity contribution in [2.75, 3.05) is 6.54 Å². The molecule has 2 rings (SSSR count). The lowest BCUT2D eigenvalue weighted by molar-refractivity contribution is 0.591. The summed E-state index contributed by atoms with van der Waals surface area (Å²) in [5.41, 5.74) is 4.88. The van der Waals surface area contributed by atoms with E-state index < -0.39 is 0 Å². The van der Waals surface area contributed by atoms with Gasteiger partial charge in [0.15, 0.2) is 0 Å². The standard InChI is InChI=1S/C18H22FN/c1-4-11-20-18(15-7-9-16(19)10-8-15)17-12-13(2)5-6-14(17)3/h5-10,12,18,20H,4,11H2,1-3H3. The Morgan fingerprint density at radius 3 is 2.40 bits per heavy atom. The maximum atomic E-state index is 13.1. The maximum absolute atomic E-state index is 13.1. The molecule has 2 heteroatoms. The summed E-state index contributed by atoms with van der Waals surface area (Å²) in [6.07, 6.45) is 1.07. The molecule has 1 nitrogen and oxygen atoms in total. The average molecular weight is 271 g/mol. The Hall–Kier alpha value is -1.67. The lowest BCUT2D eigenvalue weighted by Gasteiger charge is -2.22. The molecule has 106 valence electrons. The number of hydrogen-bond donors (Lipinski definition) is 1. The van der Waals surface area contributed by atoms with E-state index >= 15 is 0 Å². The zero-order valence-electron chi connectivity index (χ0n) is 12.4. The van der Waals surface area contributed by atoms with Gasteiger partial charge in [0.05, 0.1) is 6.04 Å². The Balaban J connectivity index is 2.41. The predicted octanol–water partition coefficient (Wildman–Crippen LogP) is 4.53. The highest BCUT2D eigenvalue weighted by Crippen LogP contribution is 2.26. The van der Waals surface area contributed by atoms with Gasteiger partial charge in [0.2, 0.25) is 0 Å². The molecule has 0 bridgehead atoms. The molecular weight excluding hydrogens is 249 g/mol. The second-order valence-corrected chi connectivity index (χ2v) is 5.30. The summed E-state index contributed by atoms with van der Waals surface area (Å²) < 4.78 is 13.1. The molecule has 0 aliphatic rings. The Kier molecular flexibility index (Phi) is 4.91. The number of rotatable bonds is 5. The van der Waals surface area contributed by atoms with Gasteiger partial charge >= 0.3 is 0 Å². The molecule has 0 heterocycles.